The lowest BCUT2D eigenvalue weighted by Gasteiger charge is -2.17. The number of rotatable bonds is 3. The average Bonchev–Trinajstić information content (AvgIpc) is 2.80. The Kier molecular flexibility index (Phi) is 3.80. The van der Waals surface area contributed by atoms with Gasteiger partial charge in [-0.15, -0.1) is 0 Å². The molecule has 0 unspecified atom stereocenters. The number of hydrogen-bond donors (Lipinski definition) is 0. The van der Waals surface area contributed by atoms with Gasteiger partial charge in [-0.05, 0) is 5.56 Å². The number of Topliss-reactive ketones (excluding diaryl/α,β-unsaturated/α-hetero) is 1. The van der Waals surface area contributed by atoms with Crippen molar-refractivity contribution < 1.29 is 4.79 Å². The first-order chi connectivity index (χ1) is 9.32. The van der Waals surface area contributed by atoms with E-state index in [4.69, 9.17) is 0 Å². The summed E-state index contributed by atoms with van der Waals surface area (Å²) in [5.74, 6) is 0.179. The zero-order valence-electron chi connectivity index (χ0n) is 12.9. The molecule has 0 N–H and O–H groups in total. The topological polar surface area (TPSA) is 34.9 Å². The largest absolute Gasteiger partial charge is 0.294 e. The molecule has 2 rings (SSSR count). The van der Waals surface area contributed by atoms with Crippen LogP contribution in [-0.4, -0.2) is 15.6 Å². The van der Waals surface area contributed by atoms with Gasteiger partial charge in [0.1, 0.15) is 0 Å². The van der Waals surface area contributed by atoms with Crippen molar-refractivity contribution in [1.29, 1.82) is 0 Å². The van der Waals surface area contributed by atoms with E-state index in [1.807, 2.05) is 49.1 Å². The number of aromatic nitrogens is 2. The molecule has 20 heavy (non-hydrogen) atoms. The van der Waals surface area contributed by atoms with Crippen molar-refractivity contribution in [2.45, 2.75) is 39.5 Å². The predicted molar refractivity (Wildman–Crippen MR) is 82.0 cm³/mol. The first kappa shape index (κ1) is 14.5. The van der Waals surface area contributed by atoms with Crippen LogP contribution >= 0.6 is 0 Å². The molecule has 0 bridgehead atoms. The third-order valence-electron chi connectivity index (χ3n) is 3.38. The minimum atomic E-state index is -0.00545. The molecule has 0 saturated carbocycles. The number of nitrogens with zero attached hydrogens (tertiary/aromatic N) is 2. The van der Waals surface area contributed by atoms with E-state index in [0.717, 1.165) is 22.4 Å². The van der Waals surface area contributed by atoms with Crippen molar-refractivity contribution in [3.05, 3.63) is 41.7 Å². The quantitative estimate of drug-likeness (QED) is 0.791. The predicted octanol–water partition coefficient (Wildman–Crippen LogP) is 3.98. The highest BCUT2D eigenvalue weighted by Crippen LogP contribution is 2.31. The fourth-order valence-electron chi connectivity index (χ4n) is 2.29. The van der Waals surface area contributed by atoms with Gasteiger partial charge in [0.05, 0.1) is 5.69 Å². The summed E-state index contributed by atoms with van der Waals surface area (Å²) in [6, 6.07) is 7.82. The molecule has 0 aliphatic heterocycles. The molecule has 0 amide bonds. The lowest BCUT2D eigenvalue weighted by atomic mass is 9.87. The van der Waals surface area contributed by atoms with E-state index in [1.165, 1.54) is 0 Å². The summed E-state index contributed by atoms with van der Waals surface area (Å²) in [7, 11) is 1.94. The molecule has 2 aromatic rings. The Bertz CT molecular complexity index is 615. The Morgan fingerprint density at radius 3 is 2.30 bits per heavy atom. The number of carbonyl (C=O) groups is 1. The summed E-state index contributed by atoms with van der Waals surface area (Å²) >= 11 is 0. The van der Waals surface area contributed by atoms with Gasteiger partial charge in [0.2, 0.25) is 0 Å². The fraction of sp³-hybridized carbons (Fsp3) is 0.412. The highest BCUT2D eigenvalue weighted by Gasteiger charge is 2.22. The maximum atomic E-state index is 11.7. The summed E-state index contributed by atoms with van der Waals surface area (Å²) in [6.45, 7) is 8.37. The third-order valence-corrected chi connectivity index (χ3v) is 3.38. The Morgan fingerprint density at radius 2 is 1.80 bits per heavy atom. The third kappa shape index (κ3) is 2.82. The van der Waals surface area contributed by atoms with Gasteiger partial charge in [0, 0.05) is 36.2 Å². The molecule has 1 aromatic carbocycles. The molecule has 0 radical (unpaired) electrons. The van der Waals surface area contributed by atoms with Crippen molar-refractivity contribution in [1.82, 2.24) is 9.78 Å². The van der Waals surface area contributed by atoms with Gasteiger partial charge in [-0.1, -0.05) is 52.0 Å². The molecule has 3 nitrogen and oxygen atoms in total. The second kappa shape index (κ2) is 5.23. The Labute approximate surface area is 120 Å². The van der Waals surface area contributed by atoms with Gasteiger partial charge >= 0.3 is 0 Å². The summed E-state index contributed by atoms with van der Waals surface area (Å²) in [5.41, 5.74) is 4.09. The molecule has 0 saturated heterocycles. The molecule has 0 spiro atoms. The standard InChI is InChI=1S/C17H22N2O/c1-6-15(20)13-9-7-12(8-10-13)14-11-19(5)18-16(14)17(2,3)4/h7-11H,6H2,1-5H3. The van der Waals surface area contributed by atoms with Crippen LogP contribution in [-0.2, 0) is 12.5 Å². The monoisotopic (exact) mass is 270 g/mol. The molecule has 0 fully saturated rings. The summed E-state index contributed by atoms with van der Waals surface area (Å²) in [6.07, 6.45) is 2.58. The van der Waals surface area contributed by atoms with Gasteiger partial charge in [0.15, 0.2) is 5.78 Å². The SMILES string of the molecule is CCC(=O)c1ccc(-c2cn(C)nc2C(C)(C)C)cc1. The normalized spacial score (nSPS) is 11.7. The Morgan fingerprint density at radius 1 is 1.20 bits per heavy atom. The summed E-state index contributed by atoms with van der Waals surface area (Å²) < 4.78 is 1.85. The van der Waals surface area contributed by atoms with Crippen LogP contribution in [0, 0.1) is 0 Å². The van der Waals surface area contributed by atoms with Gasteiger partial charge < -0.3 is 0 Å². The van der Waals surface area contributed by atoms with Crippen LogP contribution in [0.5, 0.6) is 0 Å². The molecule has 0 atom stereocenters. The van der Waals surface area contributed by atoms with Crippen LogP contribution in [0.3, 0.4) is 0 Å². The smallest absolute Gasteiger partial charge is 0.162 e. The Balaban J connectivity index is 2.45. The van der Waals surface area contributed by atoms with Crippen molar-refractivity contribution in [2.24, 2.45) is 7.05 Å². The highest BCUT2D eigenvalue weighted by atomic mass is 16.1. The molecule has 106 valence electrons. The number of aryl methyl sites for hydroxylation is 1. The van der Waals surface area contributed by atoms with E-state index >= 15 is 0 Å². The van der Waals surface area contributed by atoms with Crippen molar-refractivity contribution in [3.8, 4) is 11.1 Å². The van der Waals surface area contributed by atoms with Crippen LogP contribution in [0.1, 0.15) is 50.2 Å². The van der Waals surface area contributed by atoms with Crippen LogP contribution < -0.4 is 0 Å². The lowest BCUT2D eigenvalue weighted by molar-refractivity contribution is 0.0988. The first-order valence-corrected chi connectivity index (χ1v) is 7.00. The van der Waals surface area contributed by atoms with E-state index in [2.05, 4.69) is 25.9 Å². The van der Waals surface area contributed by atoms with Crippen molar-refractivity contribution in [2.75, 3.05) is 0 Å². The minimum absolute atomic E-state index is 0.00545. The van der Waals surface area contributed by atoms with Crippen LogP contribution in [0.2, 0.25) is 0 Å². The van der Waals surface area contributed by atoms with E-state index in [1.54, 1.807) is 0 Å². The lowest BCUT2D eigenvalue weighted by Crippen LogP contribution is -2.13. The maximum absolute atomic E-state index is 11.7. The number of benzene rings is 1. The molecule has 1 aromatic heterocycles. The molecule has 3 heteroatoms. The zero-order chi connectivity index (χ0) is 14.9. The van der Waals surface area contributed by atoms with Crippen LogP contribution in [0.4, 0.5) is 0 Å². The average molecular weight is 270 g/mol. The zero-order valence-corrected chi connectivity index (χ0v) is 12.9. The van der Waals surface area contributed by atoms with Gasteiger partial charge in [-0.3, -0.25) is 9.48 Å². The molecular formula is C17H22N2O. The molecular weight excluding hydrogens is 248 g/mol. The number of ketones is 1. The molecule has 0 aliphatic carbocycles. The van der Waals surface area contributed by atoms with Crippen molar-refractivity contribution in [3.63, 3.8) is 0 Å². The van der Waals surface area contributed by atoms with Crippen molar-refractivity contribution >= 4 is 5.78 Å². The van der Waals surface area contributed by atoms with Crippen LogP contribution in [0.15, 0.2) is 30.5 Å². The highest BCUT2D eigenvalue weighted by molar-refractivity contribution is 5.96. The maximum Gasteiger partial charge on any atom is 0.162 e. The van der Waals surface area contributed by atoms with Gasteiger partial charge in [0.25, 0.3) is 0 Å². The molecule has 1 heterocycles. The Hall–Kier alpha value is -1.90. The number of hydrogen-bond acceptors (Lipinski definition) is 2. The van der Waals surface area contributed by atoms with Gasteiger partial charge in [-0.2, -0.15) is 5.10 Å². The van der Waals surface area contributed by atoms with E-state index in [9.17, 15) is 4.79 Å². The minimum Gasteiger partial charge on any atom is -0.294 e. The number of carbonyl (C=O) groups excluding carboxylic acids is 1. The van der Waals surface area contributed by atoms with Gasteiger partial charge in [-0.25, -0.2) is 0 Å². The first-order valence-electron chi connectivity index (χ1n) is 7.00. The summed E-state index contributed by atoms with van der Waals surface area (Å²) in [5, 5.41) is 4.58. The van der Waals surface area contributed by atoms with E-state index < -0.39 is 0 Å². The second-order valence-electron chi connectivity index (χ2n) is 6.17. The summed E-state index contributed by atoms with van der Waals surface area (Å²) in [4.78, 5) is 11.7. The van der Waals surface area contributed by atoms with Crippen LogP contribution in [0.25, 0.3) is 11.1 Å². The molecule has 0 aliphatic rings. The second-order valence-corrected chi connectivity index (χ2v) is 6.17. The van der Waals surface area contributed by atoms with E-state index in [0.29, 0.717) is 6.42 Å². The fourth-order valence-corrected chi connectivity index (χ4v) is 2.29. The van der Waals surface area contributed by atoms with E-state index in [-0.39, 0.29) is 11.2 Å².